The Kier molecular flexibility index (Phi) is 14.5. The molecule has 15 nitrogen and oxygen atoms in total. The number of fused-ring (bicyclic) bond motifs is 3. The Morgan fingerprint density at radius 2 is 1.66 bits per heavy atom. The van der Waals surface area contributed by atoms with Gasteiger partial charge in [-0.15, -0.1) is 11.3 Å². The molecule has 16 heteroatoms. The predicted octanol–water partition coefficient (Wildman–Crippen LogP) is 1.77. The summed E-state index contributed by atoms with van der Waals surface area (Å²) in [5, 5.41) is 11.5. The van der Waals surface area contributed by atoms with Crippen LogP contribution in [0.3, 0.4) is 0 Å². The number of likely N-dealkylation sites (N-methyl/N-ethyl adjacent to an activating group) is 2. The number of thiazole rings is 1. The van der Waals surface area contributed by atoms with E-state index in [0.29, 0.717) is 24.4 Å². The van der Waals surface area contributed by atoms with Crippen LogP contribution in [-0.4, -0.2) is 138 Å². The molecule has 2 bridgehead atoms. The van der Waals surface area contributed by atoms with Gasteiger partial charge in [0.05, 0.1) is 19.1 Å². The van der Waals surface area contributed by atoms with Crippen LogP contribution in [0.2, 0.25) is 0 Å². The zero-order chi connectivity index (χ0) is 38.8. The van der Waals surface area contributed by atoms with Crippen molar-refractivity contribution in [1.29, 1.82) is 0 Å². The Morgan fingerprint density at radius 1 is 0.943 bits per heavy atom. The summed E-state index contributed by atoms with van der Waals surface area (Å²) in [7, 11) is 6.88. The Balaban J connectivity index is 1.66. The lowest BCUT2D eigenvalue weighted by Crippen LogP contribution is -2.53. The number of rotatable bonds is 8. The van der Waals surface area contributed by atoms with Gasteiger partial charge in [-0.1, -0.05) is 32.0 Å². The summed E-state index contributed by atoms with van der Waals surface area (Å²) in [6, 6.07) is 5.08. The number of para-hydroxylation sites is 1. The topological polar surface area (TPSA) is 180 Å². The third-order valence-corrected chi connectivity index (χ3v) is 10.0. The number of amides is 6. The van der Waals surface area contributed by atoms with Crippen LogP contribution >= 0.6 is 11.3 Å². The third-order valence-electron chi connectivity index (χ3n) is 9.07. The number of nitrogens with zero attached hydrogens (tertiary/aromatic N) is 5. The van der Waals surface area contributed by atoms with Crippen molar-refractivity contribution in [2.75, 3.05) is 60.9 Å². The summed E-state index contributed by atoms with van der Waals surface area (Å²) in [6.07, 6.45) is 3.27. The van der Waals surface area contributed by atoms with E-state index in [1.165, 1.54) is 33.1 Å². The number of nitrogens with one attached hydrogen (secondary N) is 4. The maximum Gasteiger partial charge on any atom is 0.271 e. The number of aromatic amines is 1. The van der Waals surface area contributed by atoms with E-state index in [-0.39, 0.29) is 56.5 Å². The van der Waals surface area contributed by atoms with Crippen molar-refractivity contribution in [1.82, 2.24) is 45.5 Å². The summed E-state index contributed by atoms with van der Waals surface area (Å²) in [6.45, 7) is 5.90. The first-order valence-electron chi connectivity index (χ1n) is 17.9. The largest absolute Gasteiger partial charge is 0.361 e. The summed E-state index contributed by atoms with van der Waals surface area (Å²) in [5.74, 6) is -2.50. The highest BCUT2D eigenvalue weighted by molar-refractivity contribution is 7.09. The van der Waals surface area contributed by atoms with Gasteiger partial charge in [-0.25, -0.2) is 4.98 Å². The molecule has 3 heterocycles. The van der Waals surface area contributed by atoms with Crippen LogP contribution in [0, 0.1) is 5.92 Å². The molecule has 4 rings (SSSR count). The molecule has 3 atom stereocenters. The zero-order valence-corrected chi connectivity index (χ0v) is 32.5. The Morgan fingerprint density at radius 3 is 2.38 bits per heavy atom. The molecule has 288 valence electrons. The number of hydrogen-bond donors (Lipinski definition) is 4. The first-order chi connectivity index (χ1) is 25.1. The summed E-state index contributed by atoms with van der Waals surface area (Å²) in [4.78, 5) is 94.8. The zero-order valence-electron chi connectivity index (χ0n) is 31.7. The van der Waals surface area contributed by atoms with E-state index in [4.69, 9.17) is 0 Å². The van der Waals surface area contributed by atoms with Crippen LogP contribution < -0.4 is 16.0 Å². The fourth-order valence-electron chi connectivity index (χ4n) is 6.23. The highest BCUT2D eigenvalue weighted by Gasteiger charge is 2.30. The van der Waals surface area contributed by atoms with Gasteiger partial charge in [0, 0.05) is 62.5 Å². The van der Waals surface area contributed by atoms with Crippen molar-refractivity contribution in [3.8, 4) is 0 Å². The molecule has 0 radical (unpaired) electrons. The van der Waals surface area contributed by atoms with Gasteiger partial charge in [0.2, 0.25) is 29.5 Å². The maximum absolute atomic E-state index is 13.9. The van der Waals surface area contributed by atoms with Gasteiger partial charge in [0.1, 0.15) is 22.8 Å². The molecular weight excluding hydrogens is 699 g/mol. The van der Waals surface area contributed by atoms with E-state index in [9.17, 15) is 28.8 Å². The van der Waals surface area contributed by atoms with Gasteiger partial charge >= 0.3 is 0 Å². The molecule has 0 saturated heterocycles. The van der Waals surface area contributed by atoms with E-state index in [2.05, 4.69) is 25.9 Å². The molecule has 0 unspecified atom stereocenters. The van der Waals surface area contributed by atoms with Crippen LogP contribution in [0.25, 0.3) is 10.9 Å². The van der Waals surface area contributed by atoms with Crippen LogP contribution in [0.5, 0.6) is 0 Å². The Bertz CT molecular complexity index is 1770. The minimum Gasteiger partial charge on any atom is -0.361 e. The van der Waals surface area contributed by atoms with Crippen molar-refractivity contribution < 1.29 is 28.8 Å². The number of carbonyl (C=O) groups excluding carboxylic acids is 6. The highest BCUT2D eigenvalue weighted by atomic mass is 32.1. The van der Waals surface area contributed by atoms with Crippen molar-refractivity contribution in [3.05, 3.63) is 52.1 Å². The molecule has 6 amide bonds. The summed E-state index contributed by atoms with van der Waals surface area (Å²) >= 11 is 1.22. The van der Waals surface area contributed by atoms with E-state index in [1.54, 1.807) is 25.5 Å². The molecule has 0 spiro atoms. The highest BCUT2D eigenvalue weighted by Crippen LogP contribution is 2.25. The van der Waals surface area contributed by atoms with E-state index >= 15 is 0 Å². The smallest absolute Gasteiger partial charge is 0.271 e. The molecule has 4 N–H and O–H groups in total. The van der Waals surface area contributed by atoms with Gasteiger partial charge in [-0.05, 0) is 58.0 Å². The fraction of sp³-hybridized carbons (Fsp3) is 0.541. The van der Waals surface area contributed by atoms with Crippen molar-refractivity contribution in [2.24, 2.45) is 5.92 Å². The average Bonchev–Trinajstić information content (AvgIpc) is 3.76. The van der Waals surface area contributed by atoms with Gasteiger partial charge in [0.15, 0.2) is 0 Å². The van der Waals surface area contributed by atoms with Crippen LogP contribution in [0.4, 0.5) is 0 Å². The summed E-state index contributed by atoms with van der Waals surface area (Å²) in [5.41, 5.74) is 1.76. The molecule has 1 aromatic carbocycles. The molecule has 0 fully saturated rings. The quantitative estimate of drug-likeness (QED) is 0.269. The standard InChI is InChI=1S/C37H53N9O6S/c1-23(2)17-28-35-42-30(22-53-35)34(50)41-29(18-25-19-38-27-12-9-8-11-26(25)27)37(52)45(7)20-31(47)39-24(3)36(51)44(6)15-16-46(21-32(48)40-28)33(49)13-10-14-43(4)5/h8-9,11-12,19,22-24,28-29,38H,10,13-18,20-21H2,1-7H3,(H,39,47)(H,40,48)(H,41,50)/t24-,28-,29+/m0/s1. The lowest BCUT2D eigenvalue weighted by Gasteiger charge is -2.28. The summed E-state index contributed by atoms with van der Waals surface area (Å²) < 4.78 is 0. The predicted molar refractivity (Wildman–Crippen MR) is 203 cm³/mol. The van der Waals surface area contributed by atoms with Crippen molar-refractivity contribution in [2.45, 2.75) is 64.6 Å². The van der Waals surface area contributed by atoms with E-state index < -0.39 is 47.7 Å². The minimum atomic E-state index is -1.06. The van der Waals surface area contributed by atoms with Gasteiger partial charge in [-0.2, -0.15) is 0 Å². The second-order valence-corrected chi connectivity index (χ2v) is 15.3. The molecular formula is C37H53N9O6S. The molecule has 1 aliphatic rings. The average molecular weight is 752 g/mol. The number of carbonyl (C=O) groups is 6. The van der Waals surface area contributed by atoms with Crippen molar-refractivity contribution >= 4 is 57.7 Å². The first-order valence-corrected chi connectivity index (χ1v) is 18.8. The molecule has 0 saturated carbocycles. The number of benzene rings is 1. The maximum atomic E-state index is 13.9. The molecule has 3 aromatic rings. The lowest BCUT2D eigenvalue weighted by atomic mass is 10.0. The molecule has 53 heavy (non-hydrogen) atoms. The third kappa shape index (κ3) is 11.6. The van der Waals surface area contributed by atoms with Gasteiger partial charge < -0.3 is 40.5 Å². The normalized spacial score (nSPS) is 20.4. The first kappa shape index (κ1) is 40.9. The van der Waals surface area contributed by atoms with Crippen molar-refractivity contribution in [3.63, 3.8) is 0 Å². The molecule has 0 aliphatic carbocycles. The van der Waals surface area contributed by atoms with Gasteiger partial charge in [0.25, 0.3) is 5.91 Å². The fourth-order valence-corrected chi connectivity index (χ4v) is 7.09. The number of aromatic nitrogens is 2. The second-order valence-electron chi connectivity index (χ2n) is 14.4. The minimum absolute atomic E-state index is 0.0871. The van der Waals surface area contributed by atoms with Crippen LogP contribution in [0.1, 0.15) is 67.1 Å². The van der Waals surface area contributed by atoms with Crippen LogP contribution in [-0.2, 0) is 30.4 Å². The monoisotopic (exact) mass is 751 g/mol. The number of H-pyrrole nitrogens is 1. The van der Waals surface area contributed by atoms with E-state index in [0.717, 1.165) is 16.5 Å². The van der Waals surface area contributed by atoms with Crippen LogP contribution in [0.15, 0.2) is 35.8 Å². The van der Waals surface area contributed by atoms with Gasteiger partial charge in [-0.3, -0.25) is 28.8 Å². The Hall–Kier alpha value is -4.83. The van der Waals surface area contributed by atoms with E-state index in [1.807, 2.05) is 57.1 Å². The second kappa shape index (κ2) is 18.8. The lowest BCUT2D eigenvalue weighted by molar-refractivity contribution is -0.139. The SMILES string of the molecule is CC(C)C[C@@H]1NC(=O)CN(C(=O)CCCN(C)C)CCN(C)C(=O)[C@H](C)NC(=O)CN(C)C(=O)[C@@H](Cc2c[nH]c3ccccc23)NC(=O)c2csc1n2. The number of hydrogen-bond acceptors (Lipinski definition) is 9. The Labute approximate surface area is 314 Å². The molecule has 1 aliphatic heterocycles. The molecule has 2 aromatic heterocycles.